The molecule has 0 spiro atoms. The van der Waals surface area contributed by atoms with Gasteiger partial charge in [0.2, 0.25) is 0 Å². The Morgan fingerprint density at radius 3 is 2.93 bits per heavy atom. The lowest BCUT2D eigenvalue weighted by molar-refractivity contribution is 0.0994. The minimum Gasteiger partial charge on any atom is -0.364 e. The van der Waals surface area contributed by atoms with E-state index in [0.29, 0.717) is 24.2 Å². The van der Waals surface area contributed by atoms with Gasteiger partial charge in [-0.25, -0.2) is 0 Å². The zero-order valence-electron chi connectivity index (χ0n) is 8.29. The summed E-state index contributed by atoms with van der Waals surface area (Å²) in [5, 5.41) is 10.1. The van der Waals surface area contributed by atoms with Crippen LogP contribution in [0, 0.1) is 0 Å². The van der Waals surface area contributed by atoms with Gasteiger partial charge in [0.15, 0.2) is 5.69 Å². The number of rotatable bonds is 1. The van der Waals surface area contributed by atoms with Crippen LogP contribution in [0.4, 0.5) is 0 Å². The summed E-state index contributed by atoms with van der Waals surface area (Å²) in [5.41, 5.74) is 7.53. The fourth-order valence-corrected chi connectivity index (χ4v) is 1.83. The highest BCUT2D eigenvalue weighted by Crippen LogP contribution is 2.27. The molecule has 1 aromatic heterocycles. The van der Waals surface area contributed by atoms with Crippen LogP contribution in [0.5, 0.6) is 0 Å². The molecule has 2 atom stereocenters. The Morgan fingerprint density at radius 1 is 1.57 bits per heavy atom. The largest absolute Gasteiger partial charge is 0.364 e. The van der Waals surface area contributed by atoms with Crippen molar-refractivity contribution in [1.82, 2.24) is 15.5 Å². The zero-order chi connectivity index (χ0) is 10.3. The third kappa shape index (κ3) is 1.21. The van der Waals surface area contributed by atoms with Crippen molar-refractivity contribution in [2.45, 2.75) is 32.4 Å². The minimum absolute atomic E-state index is 0.333. The molecule has 0 fully saturated rings. The molecule has 1 aliphatic heterocycles. The van der Waals surface area contributed by atoms with Gasteiger partial charge in [-0.05, 0) is 6.92 Å². The highest BCUT2D eigenvalue weighted by atomic mass is 16.1. The number of hydrogen-bond acceptors (Lipinski definition) is 3. The molecule has 0 saturated carbocycles. The highest BCUT2D eigenvalue weighted by molar-refractivity contribution is 5.92. The van der Waals surface area contributed by atoms with Gasteiger partial charge in [-0.15, -0.1) is 0 Å². The summed E-state index contributed by atoms with van der Waals surface area (Å²) in [4.78, 5) is 11.0. The van der Waals surface area contributed by atoms with Crippen molar-refractivity contribution >= 4 is 5.91 Å². The molecule has 5 heteroatoms. The number of carbonyl (C=O) groups is 1. The molecule has 2 rings (SSSR count). The van der Waals surface area contributed by atoms with Crippen LogP contribution in [0.25, 0.3) is 0 Å². The molecule has 4 N–H and O–H groups in total. The fraction of sp³-hybridized carbons (Fsp3) is 0.556. The van der Waals surface area contributed by atoms with E-state index in [4.69, 9.17) is 5.73 Å². The van der Waals surface area contributed by atoms with Gasteiger partial charge >= 0.3 is 0 Å². The standard InChI is InChI=1S/C9H14N4O/c1-4-5(2)11-3-6-7(4)12-13-8(6)9(10)14/h4-5,11H,3H2,1-2H3,(H2,10,14)(H,12,13). The van der Waals surface area contributed by atoms with Gasteiger partial charge in [0.05, 0.1) is 0 Å². The molecule has 14 heavy (non-hydrogen) atoms. The Hall–Kier alpha value is -1.36. The SMILES string of the molecule is CC1NCc2c(C(N)=O)n[nH]c2C1C. The number of aromatic nitrogens is 2. The maximum Gasteiger partial charge on any atom is 0.269 e. The number of primary amides is 1. The second-order valence-corrected chi connectivity index (χ2v) is 3.79. The lowest BCUT2D eigenvalue weighted by atomic mass is 9.91. The maximum atomic E-state index is 11.0. The topological polar surface area (TPSA) is 83.8 Å². The van der Waals surface area contributed by atoms with Crippen molar-refractivity contribution in [3.05, 3.63) is 17.0 Å². The lowest BCUT2D eigenvalue weighted by Gasteiger charge is -2.26. The van der Waals surface area contributed by atoms with Crippen LogP contribution in [0.2, 0.25) is 0 Å². The van der Waals surface area contributed by atoms with Crippen molar-refractivity contribution in [1.29, 1.82) is 0 Å². The van der Waals surface area contributed by atoms with Crippen LogP contribution in [-0.4, -0.2) is 22.1 Å². The number of aromatic amines is 1. The molecular weight excluding hydrogens is 180 g/mol. The molecule has 1 aromatic rings. The van der Waals surface area contributed by atoms with E-state index >= 15 is 0 Å². The summed E-state index contributed by atoms with van der Waals surface area (Å²) in [6.07, 6.45) is 0. The number of nitrogens with one attached hydrogen (secondary N) is 2. The van der Waals surface area contributed by atoms with Crippen molar-refractivity contribution in [3.8, 4) is 0 Å². The fourth-order valence-electron chi connectivity index (χ4n) is 1.83. The average Bonchev–Trinajstić information content (AvgIpc) is 2.55. The van der Waals surface area contributed by atoms with Crippen LogP contribution < -0.4 is 11.1 Å². The molecule has 1 amide bonds. The van der Waals surface area contributed by atoms with E-state index in [9.17, 15) is 4.79 Å². The van der Waals surface area contributed by atoms with Gasteiger partial charge < -0.3 is 11.1 Å². The molecule has 0 radical (unpaired) electrons. The predicted molar refractivity (Wildman–Crippen MR) is 51.8 cm³/mol. The molecule has 1 aliphatic rings. The Bertz CT molecular complexity index is 371. The molecular formula is C9H14N4O. The molecule has 76 valence electrons. The number of carbonyl (C=O) groups excluding carboxylic acids is 1. The van der Waals surface area contributed by atoms with Gasteiger partial charge in [-0.2, -0.15) is 5.10 Å². The molecule has 0 saturated heterocycles. The molecule has 0 bridgehead atoms. The lowest BCUT2D eigenvalue weighted by Crippen LogP contribution is -2.36. The normalized spacial score (nSPS) is 25.9. The van der Waals surface area contributed by atoms with Crippen LogP contribution in [-0.2, 0) is 6.54 Å². The molecule has 0 aliphatic carbocycles. The summed E-state index contributed by atoms with van der Waals surface area (Å²) in [6.45, 7) is 4.87. The summed E-state index contributed by atoms with van der Waals surface area (Å²) >= 11 is 0. The zero-order valence-corrected chi connectivity index (χ0v) is 8.29. The van der Waals surface area contributed by atoms with Crippen LogP contribution in [0.1, 0.15) is 41.5 Å². The Labute approximate surface area is 82.1 Å². The Kier molecular flexibility index (Phi) is 2.03. The first-order valence-corrected chi connectivity index (χ1v) is 4.71. The second-order valence-electron chi connectivity index (χ2n) is 3.79. The second kappa shape index (κ2) is 3.09. The van der Waals surface area contributed by atoms with E-state index in [-0.39, 0.29) is 0 Å². The summed E-state index contributed by atoms with van der Waals surface area (Å²) in [7, 11) is 0. The Balaban J connectivity index is 2.45. The molecule has 2 heterocycles. The van der Waals surface area contributed by atoms with Crippen LogP contribution in [0.15, 0.2) is 0 Å². The summed E-state index contributed by atoms with van der Waals surface area (Å²) < 4.78 is 0. The molecule has 0 aromatic carbocycles. The van der Waals surface area contributed by atoms with E-state index in [1.54, 1.807) is 0 Å². The van der Waals surface area contributed by atoms with Crippen LogP contribution >= 0.6 is 0 Å². The number of amides is 1. The summed E-state index contributed by atoms with van der Waals surface area (Å²) in [5.74, 6) is -0.134. The number of H-pyrrole nitrogens is 1. The average molecular weight is 194 g/mol. The number of nitrogens with zero attached hydrogens (tertiary/aromatic N) is 1. The van der Waals surface area contributed by atoms with Crippen molar-refractivity contribution in [2.24, 2.45) is 5.73 Å². The van der Waals surface area contributed by atoms with E-state index in [1.807, 2.05) is 0 Å². The summed E-state index contributed by atoms with van der Waals surface area (Å²) in [6, 6.07) is 0.392. The number of hydrogen-bond donors (Lipinski definition) is 3. The third-order valence-electron chi connectivity index (χ3n) is 2.94. The molecule has 2 unspecified atom stereocenters. The van der Waals surface area contributed by atoms with Gasteiger partial charge in [0.1, 0.15) is 0 Å². The Morgan fingerprint density at radius 2 is 2.29 bits per heavy atom. The van der Waals surface area contributed by atoms with Gasteiger partial charge in [0.25, 0.3) is 5.91 Å². The van der Waals surface area contributed by atoms with E-state index in [2.05, 4.69) is 29.4 Å². The van der Waals surface area contributed by atoms with E-state index in [1.165, 1.54) is 0 Å². The van der Waals surface area contributed by atoms with Gasteiger partial charge in [0, 0.05) is 29.8 Å². The quantitative estimate of drug-likeness (QED) is 0.593. The predicted octanol–water partition coefficient (Wildman–Crippen LogP) is 0.104. The smallest absolute Gasteiger partial charge is 0.269 e. The van der Waals surface area contributed by atoms with Crippen LogP contribution in [0.3, 0.4) is 0 Å². The van der Waals surface area contributed by atoms with E-state index < -0.39 is 5.91 Å². The maximum absolute atomic E-state index is 11.0. The highest BCUT2D eigenvalue weighted by Gasteiger charge is 2.28. The first-order chi connectivity index (χ1) is 6.61. The van der Waals surface area contributed by atoms with Gasteiger partial charge in [-0.1, -0.05) is 6.92 Å². The first-order valence-electron chi connectivity index (χ1n) is 4.71. The first kappa shape index (κ1) is 9.21. The minimum atomic E-state index is -0.467. The molecule has 5 nitrogen and oxygen atoms in total. The van der Waals surface area contributed by atoms with E-state index in [0.717, 1.165) is 11.3 Å². The van der Waals surface area contributed by atoms with Crippen molar-refractivity contribution in [3.63, 3.8) is 0 Å². The number of fused-ring (bicyclic) bond motifs is 1. The monoisotopic (exact) mass is 194 g/mol. The number of nitrogens with two attached hydrogens (primary N) is 1. The third-order valence-corrected chi connectivity index (χ3v) is 2.94. The van der Waals surface area contributed by atoms with Crippen molar-refractivity contribution < 1.29 is 4.79 Å². The van der Waals surface area contributed by atoms with Crippen molar-refractivity contribution in [2.75, 3.05) is 0 Å². The van der Waals surface area contributed by atoms with Gasteiger partial charge in [-0.3, -0.25) is 9.89 Å².